The van der Waals surface area contributed by atoms with Crippen molar-refractivity contribution in [2.45, 2.75) is 65.8 Å². The molecule has 176 valence electrons. The van der Waals surface area contributed by atoms with E-state index in [-0.39, 0.29) is 24.7 Å². The van der Waals surface area contributed by atoms with Crippen LogP contribution in [0.4, 0.5) is 0 Å². The second-order valence-corrected chi connectivity index (χ2v) is 8.17. The van der Waals surface area contributed by atoms with Gasteiger partial charge in [0.1, 0.15) is 12.4 Å². The highest BCUT2D eigenvalue weighted by atomic mass is 16.5. The van der Waals surface area contributed by atoms with Gasteiger partial charge in [0.05, 0.1) is 19.3 Å². The van der Waals surface area contributed by atoms with Crippen LogP contribution in [-0.4, -0.2) is 44.5 Å². The SMILES string of the molecule is CCc1ccc(OC[C@@H](OC(C)C)C(=O)NCCc2ccc(OC(C)C)c(OC)c2)cc1. The lowest BCUT2D eigenvalue weighted by molar-refractivity contribution is -0.137. The highest BCUT2D eigenvalue weighted by Gasteiger charge is 2.21. The molecule has 2 aromatic rings. The summed E-state index contributed by atoms with van der Waals surface area (Å²) in [6, 6.07) is 13.7. The molecule has 0 aromatic heterocycles. The Morgan fingerprint density at radius 1 is 0.938 bits per heavy atom. The van der Waals surface area contributed by atoms with Crippen molar-refractivity contribution in [3.8, 4) is 17.2 Å². The third kappa shape index (κ3) is 8.42. The molecule has 0 saturated heterocycles. The number of methoxy groups -OCH3 is 1. The maximum absolute atomic E-state index is 12.7. The summed E-state index contributed by atoms with van der Waals surface area (Å²) >= 11 is 0. The zero-order valence-corrected chi connectivity index (χ0v) is 20.1. The Morgan fingerprint density at radius 3 is 2.22 bits per heavy atom. The molecule has 0 saturated carbocycles. The molecule has 1 atom stereocenters. The van der Waals surface area contributed by atoms with Gasteiger partial charge in [-0.05, 0) is 75.9 Å². The number of nitrogens with one attached hydrogen (secondary N) is 1. The molecule has 2 aromatic carbocycles. The van der Waals surface area contributed by atoms with Crippen molar-refractivity contribution in [3.63, 3.8) is 0 Å². The maximum Gasteiger partial charge on any atom is 0.252 e. The van der Waals surface area contributed by atoms with E-state index >= 15 is 0 Å². The molecule has 1 N–H and O–H groups in total. The number of hydrogen-bond acceptors (Lipinski definition) is 5. The fourth-order valence-corrected chi connectivity index (χ4v) is 3.16. The molecule has 2 rings (SSSR count). The number of aryl methyl sites for hydroxylation is 1. The Bertz CT molecular complexity index is 833. The van der Waals surface area contributed by atoms with Crippen molar-refractivity contribution < 1.29 is 23.7 Å². The molecule has 6 nitrogen and oxygen atoms in total. The molecular weight excluding hydrogens is 406 g/mol. The van der Waals surface area contributed by atoms with E-state index in [4.69, 9.17) is 18.9 Å². The Hall–Kier alpha value is -2.73. The van der Waals surface area contributed by atoms with Crippen LogP contribution < -0.4 is 19.5 Å². The average Bonchev–Trinajstić information content (AvgIpc) is 2.77. The fraction of sp³-hybridized carbons (Fsp3) is 0.500. The number of hydrogen-bond donors (Lipinski definition) is 1. The van der Waals surface area contributed by atoms with Crippen LogP contribution in [0.3, 0.4) is 0 Å². The minimum Gasteiger partial charge on any atom is -0.493 e. The molecule has 0 bridgehead atoms. The Morgan fingerprint density at radius 2 is 1.62 bits per heavy atom. The molecule has 0 heterocycles. The predicted molar refractivity (Wildman–Crippen MR) is 127 cm³/mol. The Balaban J connectivity index is 1.90. The lowest BCUT2D eigenvalue weighted by Gasteiger charge is -2.20. The fourth-order valence-electron chi connectivity index (χ4n) is 3.16. The number of ether oxygens (including phenoxy) is 4. The van der Waals surface area contributed by atoms with Crippen LogP contribution in [-0.2, 0) is 22.4 Å². The summed E-state index contributed by atoms with van der Waals surface area (Å²) in [5.74, 6) is 1.94. The van der Waals surface area contributed by atoms with Crippen LogP contribution in [0.25, 0.3) is 0 Å². The molecule has 0 aliphatic rings. The van der Waals surface area contributed by atoms with Crippen LogP contribution in [0, 0.1) is 0 Å². The van der Waals surface area contributed by atoms with Crippen molar-refractivity contribution >= 4 is 5.91 Å². The maximum atomic E-state index is 12.7. The molecule has 32 heavy (non-hydrogen) atoms. The summed E-state index contributed by atoms with van der Waals surface area (Å²) in [6.07, 6.45) is 0.935. The predicted octanol–water partition coefficient (Wildman–Crippen LogP) is 4.58. The molecule has 1 amide bonds. The van der Waals surface area contributed by atoms with Gasteiger partial charge in [0, 0.05) is 6.54 Å². The summed E-state index contributed by atoms with van der Waals surface area (Å²) in [5, 5.41) is 2.96. The average molecular weight is 444 g/mol. The van der Waals surface area contributed by atoms with E-state index in [9.17, 15) is 4.79 Å². The van der Waals surface area contributed by atoms with Gasteiger partial charge < -0.3 is 24.3 Å². The van der Waals surface area contributed by atoms with Gasteiger partial charge in [-0.3, -0.25) is 4.79 Å². The number of carbonyl (C=O) groups is 1. The summed E-state index contributed by atoms with van der Waals surface area (Å²) in [5.41, 5.74) is 2.29. The van der Waals surface area contributed by atoms with E-state index in [0.717, 1.165) is 17.7 Å². The zero-order valence-electron chi connectivity index (χ0n) is 20.1. The van der Waals surface area contributed by atoms with Crippen LogP contribution in [0.5, 0.6) is 17.2 Å². The first-order valence-electron chi connectivity index (χ1n) is 11.3. The van der Waals surface area contributed by atoms with Crippen molar-refractivity contribution in [3.05, 3.63) is 53.6 Å². The van der Waals surface area contributed by atoms with Gasteiger partial charge in [-0.1, -0.05) is 25.1 Å². The smallest absolute Gasteiger partial charge is 0.252 e. The molecule has 6 heteroatoms. The van der Waals surface area contributed by atoms with Gasteiger partial charge in [-0.15, -0.1) is 0 Å². The number of carbonyl (C=O) groups excluding carboxylic acids is 1. The molecule has 0 aliphatic carbocycles. The molecule has 0 fully saturated rings. The molecule has 0 unspecified atom stereocenters. The summed E-state index contributed by atoms with van der Waals surface area (Å²) in [7, 11) is 1.62. The number of rotatable bonds is 13. The quantitative estimate of drug-likeness (QED) is 0.491. The summed E-state index contributed by atoms with van der Waals surface area (Å²) < 4.78 is 22.8. The molecular formula is C26H37NO5. The first-order chi connectivity index (χ1) is 15.3. The lowest BCUT2D eigenvalue weighted by atomic mass is 10.1. The third-order valence-electron chi connectivity index (χ3n) is 4.77. The van der Waals surface area contributed by atoms with Gasteiger partial charge in [-0.25, -0.2) is 0 Å². The lowest BCUT2D eigenvalue weighted by Crippen LogP contribution is -2.42. The van der Waals surface area contributed by atoms with Crippen molar-refractivity contribution in [2.24, 2.45) is 0 Å². The normalized spacial score (nSPS) is 12.0. The number of amides is 1. The first-order valence-corrected chi connectivity index (χ1v) is 11.3. The van der Waals surface area contributed by atoms with Crippen molar-refractivity contribution in [1.29, 1.82) is 0 Å². The number of benzene rings is 2. The molecule has 0 radical (unpaired) electrons. The topological polar surface area (TPSA) is 66.0 Å². The van der Waals surface area contributed by atoms with E-state index in [2.05, 4.69) is 12.2 Å². The molecule has 0 aliphatic heterocycles. The van der Waals surface area contributed by atoms with E-state index in [1.54, 1.807) is 7.11 Å². The minimum atomic E-state index is -0.683. The Labute approximate surface area is 192 Å². The third-order valence-corrected chi connectivity index (χ3v) is 4.77. The van der Waals surface area contributed by atoms with E-state index in [0.29, 0.717) is 24.5 Å². The van der Waals surface area contributed by atoms with E-state index in [1.807, 2.05) is 70.2 Å². The van der Waals surface area contributed by atoms with Gasteiger partial charge >= 0.3 is 0 Å². The van der Waals surface area contributed by atoms with Crippen LogP contribution in [0.1, 0.15) is 45.7 Å². The zero-order chi connectivity index (χ0) is 23.5. The Kier molecular flexibility index (Phi) is 10.3. The highest BCUT2D eigenvalue weighted by Crippen LogP contribution is 2.29. The summed E-state index contributed by atoms with van der Waals surface area (Å²) in [6.45, 7) is 10.5. The van der Waals surface area contributed by atoms with Gasteiger partial charge in [0.25, 0.3) is 5.91 Å². The van der Waals surface area contributed by atoms with E-state index in [1.165, 1.54) is 5.56 Å². The minimum absolute atomic E-state index is 0.0683. The second kappa shape index (κ2) is 13.0. The van der Waals surface area contributed by atoms with Crippen LogP contribution in [0.2, 0.25) is 0 Å². The second-order valence-electron chi connectivity index (χ2n) is 8.17. The van der Waals surface area contributed by atoms with Gasteiger partial charge in [0.15, 0.2) is 17.6 Å². The highest BCUT2D eigenvalue weighted by molar-refractivity contribution is 5.81. The van der Waals surface area contributed by atoms with Gasteiger partial charge in [0.2, 0.25) is 0 Å². The van der Waals surface area contributed by atoms with E-state index < -0.39 is 6.10 Å². The first kappa shape index (κ1) is 25.5. The van der Waals surface area contributed by atoms with Crippen molar-refractivity contribution in [2.75, 3.05) is 20.3 Å². The monoisotopic (exact) mass is 443 g/mol. The van der Waals surface area contributed by atoms with Crippen LogP contribution >= 0.6 is 0 Å². The van der Waals surface area contributed by atoms with Gasteiger partial charge in [-0.2, -0.15) is 0 Å². The standard InChI is InChI=1S/C26H37NO5/c1-7-20-8-11-22(12-9-20)30-17-25(32-19(4)5)26(28)27-15-14-21-10-13-23(31-18(2)3)24(16-21)29-6/h8-13,16,18-19,25H,7,14-15,17H2,1-6H3,(H,27,28)/t25-/m1/s1. The van der Waals surface area contributed by atoms with Crippen LogP contribution in [0.15, 0.2) is 42.5 Å². The molecule has 0 spiro atoms. The summed E-state index contributed by atoms with van der Waals surface area (Å²) in [4.78, 5) is 12.7. The van der Waals surface area contributed by atoms with Crippen molar-refractivity contribution in [1.82, 2.24) is 5.32 Å². The largest absolute Gasteiger partial charge is 0.493 e.